The number of hydrogen-bond acceptors (Lipinski definition) is 5. The second-order valence-corrected chi connectivity index (χ2v) is 7.36. The van der Waals surface area contributed by atoms with Gasteiger partial charge in [0, 0.05) is 18.3 Å². The van der Waals surface area contributed by atoms with Crippen molar-refractivity contribution in [3.63, 3.8) is 0 Å². The van der Waals surface area contributed by atoms with Gasteiger partial charge in [-0.15, -0.1) is 0 Å². The van der Waals surface area contributed by atoms with Crippen molar-refractivity contribution in [2.75, 3.05) is 6.16 Å². The van der Waals surface area contributed by atoms with Crippen molar-refractivity contribution in [2.45, 2.75) is 13.5 Å². The number of nitrogens with one attached hydrogen (secondary N) is 1. The number of phosphoric acid groups is 1. The first-order valence-corrected chi connectivity index (χ1v) is 8.83. The second kappa shape index (κ2) is 6.65. The Kier molecular flexibility index (Phi) is 5.63. The fourth-order valence-corrected chi connectivity index (χ4v) is 3.36. The molecule has 21 heavy (non-hydrogen) atoms. The first-order chi connectivity index (χ1) is 9.50. The van der Waals surface area contributed by atoms with Crippen LogP contribution in [0, 0.1) is 6.92 Å². The van der Waals surface area contributed by atoms with Gasteiger partial charge in [-0.05, 0) is 6.92 Å². The Bertz CT molecular complexity index is 743. The highest BCUT2D eigenvalue weighted by atomic mass is 31.3. The molecule has 118 valence electrons. The van der Waals surface area contributed by atoms with Crippen molar-refractivity contribution in [1.29, 1.82) is 0 Å². The lowest BCUT2D eigenvalue weighted by atomic mass is 10.4. The zero-order chi connectivity index (χ0) is 16.3. The molecule has 1 rings (SSSR count). The number of rotatable bonds is 6. The van der Waals surface area contributed by atoms with E-state index in [4.69, 9.17) is 14.7 Å². The van der Waals surface area contributed by atoms with Gasteiger partial charge >= 0.3 is 21.1 Å². The van der Waals surface area contributed by atoms with Gasteiger partial charge in [0.15, 0.2) is 0 Å². The van der Waals surface area contributed by atoms with Gasteiger partial charge in [0.25, 0.3) is 5.56 Å². The van der Waals surface area contributed by atoms with E-state index in [0.29, 0.717) is 5.56 Å². The average Bonchev–Trinajstić information content (AvgIpc) is 2.27. The van der Waals surface area contributed by atoms with E-state index < -0.39 is 32.8 Å². The number of hydrogen-bond donors (Lipinski definition) is 4. The molecule has 0 spiro atoms. The molecule has 12 heteroatoms. The Hall–Kier alpha value is -1.28. The van der Waals surface area contributed by atoms with Crippen LogP contribution in [0.5, 0.6) is 0 Å². The molecular weight excluding hydrogens is 326 g/mol. The van der Waals surface area contributed by atoms with Crippen molar-refractivity contribution >= 4 is 15.4 Å². The lowest BCUT2D eigenvalue weighted by Gasteiger charge is -2.10. The fraction of sp³-hybridized carbons (Fsp3) is 0.333. The van der Waals surface area contributed by atoms with Crippen molar-refractivity contribution in [1.82, 2.24) is 9.55 Å². The maximum atomic E-state index is 11.4. The predicted octanol–water partition coefficient (Wildman–Crippen LogP) is -0.304. The highest BCUT2D eigenvalue weighted by Crippen LogP contribution is 2.56. The SMILES string of the molecule is Cc1cn(C/C=C/CP(=O)(O)OP(=O)(O)O)c(=O)[nH]c1=O. The van der Waals surface area contributed by atoms with Crippen LogP contribution in [-0.2, 0) is 20.0 Å². The van der Waals surface area contributed by atoms with Crippen LogP contribution in [0.3, 0.4) is 0 Å². The monoisotopic (exact) mass is 340 g/mol. The van der Waals surface area contributed by atoms with Gasteiger partial charge in [0.05, 0.1) is 6.16 Å². The van der Waals surface area contributed by atoms with Gasteiger partial charge in [-0.1, -0.05) is 12.2 Å². The Morgan fingerprint density at radius 1 is 1.29 bits per heavy atom. The standard InChI is InChI=1S/C9H14N2O8P2/c1-7-6-11(9(13)10-8(7)12)4-2-3-5-20(14,15)19-21(16,17)18/h2-3,6H,4-5H2,1H3,(H,14,15)(H,10,12,13)(H2,16,17,18)/b3-2+. The second-order valence-electron chi connectivity index (χ2n) is 4.09. The van der Waals surface area contributed by atoms with Gasteiger partial charge in [-0.25, -0.2) is 13.7 Å². The van der Waals surface area contributed by atoms with E-state index in [0.717, 1.165) is 10.6 Å². The van der Waals surface area contributed by atoms with Gasteiger partial charge in [0.2, 0.25) is 0 Å². The highest BCUT2D eigenvalue weighted by Gasteiger charge is 2.29. The zero-order valence-corrected chi connectivity index (χ0v) is 12.7. The summed E-state index contributed by atoms with van der Waals surface area (Å²) in [4.78, 5) is 50.7. The smallest absolute Gasteiger partial charge is 0.324 e. The summed E-state index contributed by atoms with van der Waals surface area (Å²) >= 11 is 0. The van der Waals surface area contributed by atoms with Gasteiger partial charge in [-0.3, -0.25) is 18.9 Å². The number of allylic oxidation sites excluding steroid dienone is 2. The molecule has 1 unspecified atom stereocenters. The molecule has 0 amide bonds. The van der Waals surface area contributed by atoms with E-state index in [1.54, 1.807) is 0 Å². The molecule has 1 aromatic rings. The van der Waals surface area contributed by atoms with E-state index in [1.807, 2.05) is 0 Å². The summed E-state index contributed by atoms with van der Waals surface area (Å²) in [6.07, 6.45) is 3.15. The minimum atomic E-state index is -5.06. The van der Waals surface area contributed by atoms with Crippen molar-refractivity contribution < 1.29 is 28.1 Å². The largest absolute Gasteiger partial charge is 0.476 e. The summed E-state index contributed by atoms with van der Waals surface area (Å²) in [5.41, 5.74) is -0.829. The molecule has 0 aromatic carbocycles. The van der Waals surface area contributed by atoms with Crippen LogP contribution in [-0.4, -0.2) is 30.4 Å². The molecule has 0 saturated heterocycles. The minimum absolute atomic E-state index is 0.00631. The van der Waals surface area contributed by atoms with Crippen LogP contribution in [0.1, 0.15) is 5.56 Å². The molecule has 0 fully saturated rings. The lowest BCUT2D eigenvalue weighted by Crippen LogP contribution is -2.30. The number of aromatic amines is 1. The fourth-order valence-electron chi connectivity index (χ4n) is 1.35. The van der Waals surface area contributed by atoms with Crippen LogP contribution in [0.25, 0.3) is 0 Å². The summed E-state index contributed by atoms with van der Waals surface area (Å²) in [6.45, 7) is 1.51. The summed E-state index contributed by atoms with van der Waals surface area (Å²) in [6, 6.07) is 0. The number of aromatic nitrogens is 2. The number of aryl methyl sites for hydroxylation is 1. The van der Waals surface area contributed by atoms with Crippen LogP contribution < -0.4 is 11.2 Å². The summed E-state index contributed by atoms with van der Waals surface area (Å²) in [5, 5.41) is 0. The summed E-state index contributed by atoms with van der Waals surface area (Å²) in [5.74, 6) is 0. The first-order valence-electron chi connectivity index (χ1n) is 5.54. The maximum Gasteiger partial charge on any atom is 0.476 e. The van der Waals surface area contributed by atoms with E-state index in [2.05, 4.69) is 9.29 Å². The molecule has 0 saturated carbocycles. The van der Waals surface area contributed by atoms with E-state index in [1.165, 1.54) is 19.2 Å². The van der Waals surface area contributed by atoms with Gasteiger partial charge in [-0.2, -0.15) is 0 Å². The predicted molar refractivity (Wildman–Crippen MR) is 73.0 cm³/mol. The molecule has 0 bridgehead atoms. The third-order valence-electron chi connectivity index (χ3n) is 2.23. The van der Waals surface area contributed by atoms with Crippen LogP contribution >= 0.6 is 15.4 Å². The Morgan fingerprint density at radius 2 is 1.90 bits per heavy atom. The van der Waals surface area contributed by atoms with Crippen LogP contribution in [0.4, 0.5) is 0 Å². The molecule has 0 aliphatic heterocycles. The third kappa shape index (κ3) is 6.34. The van der Waals surface area contributed by atoms with E-state index in [9.17, 15) is 18.7 Å². The molecule has 10 nitrogen and oxygen atoms in total. The van der Waals surface area contributed by atoms with Gasteiger partial charge < -0.3 is 14.7 Å². The Labute approximate surface area is 118 Å². The molecule has 4 N–H and O–H groups in total. The molecular formula is C9H14N2O8P2. The molecule has 1 heterocycles. The van der Waals surface area contributed by atoms with E-state index in [-0.39, 0.29) is 6.54 Å². The molecule has 0 radical (unpaired) electrons. The van der Waals surface area contributed by atoms with Crippen LogP contribution in [0.2, 0.25) is 0 Å². The average molecular weight is 340 g/mol. The number of H-pyrrole nitrogens is 1. The molecule has 0 aliphatic carbocycles. The zero-order valence-electron chi connectivity index (χ0n) is 10.9. The summed E-state index contributed by atoms with van der Waals surface area (Å²) in [7, 11) is -9.52. The minimum Gasteiger partial charge on any atom is -0.324 e. The van der Waals surface area contributed by atoms with Crippen molar-refractivity contribution in [3.8, 4) is 0 Å². The summed E-state index contributed by atoms with van der Waals surface area (Å²) < 4.78 is 26.6. The Balaban J connectivity index is 2.70. The quantitative estimate of drug-likeness (QED) is 0.405. The topological polar surface area (TPSA) is 159 Å². The third-order valence-corrected chi connectivity index (χ3v) is 4.77. The lowest BCUT2D eigenvalue weighted by molar-refractivity contribution is 0.264. The first kappa shape index (κ1) is 17.8. The Morgan fingerprint density at radius 3 is 2.48 bits per heavy atom. The van der Waals surface area contributed by atoms with Gasteiger partial charge in [0.1, 0.15) is 0 Å². The van der Waals surface area contributed by atoms with Crippen molar-refractivity contribution in [2.24, 2.45) is 0 Å². The molecule has 1 atom stereocenters. The van der Waals surface area contributed by atoms with Crippen molar-refractivity contribution in [3.05, 3.63) is 44.8 Å². The van der Waals surface area contributed by atoms with E-state index >= 15 is 0 Å². The molecule has 1 aromatic heterocycles. The molecule has 0 aliphatic rings. The van der Waals surface area contributed by atoms with Crippen LogP contribution in [0.15, 0.2) is 27.9 Å². The number of nitrogens with zero attached hydrogens (tertiary/aromatic N) is 1. The highest BCUT2D eigenvalue weighted by molar-refractivity contribution is 7.63. The normalized spacial score (nSPS) is 15.2. The maximum absolute atomic E-state index is 11.4.